The molecule has 0 aliphatic heterocycles. The van der Waals surface area contributed by atoms with Crippen LogP contribution in [0.25, 0.3) is 0 Å². The molecule has 4 nitrogen and oxygen atoms in total. The fraction of sp³-hybridized carbons (Fsp3) is 0.529. The fourth-order valence-corrected chi connectivity index (χ4v) is 2.18. The topological polar surface area (TPSA) is 46.6 Å². The predicted molar refractivity (Wildman–Crippen MR) is 83.0 cm³/mol. The van der Waals surface area contributed by atoms with Gasteiger partial charge in [-0.25, -0.2) is 0 Å². The summed E-state index contributed by atoms with van der Waals surface area (Å²) >= 11 is 0. The van der Waals surface area contributed by atoms with Gasteiger partial charge in [0, 0.05) is 12.5 Å². The van der Waals surface area contributed by atoms with Gasteiger partial charge in [-0.15, -0.1) is 0 Å². The molecule has 1 aromatic carbocycles. The first-order valence-corrected chi connectivity index (χ1v) is 7.45. The van der Waals surface area contributed by atoms with E-state index in [4.69, 9.17) is 4.74 Å². The van der Waals surface area contributed by atoms with E-state index in [1.807, 2.05) is 45.0 Å². The van der Waals surface area contributed by atoms with E-state index in [0.29, 0.717) is 19.4 Å². The summed E-state index contributed by atoms with van der Waals surface area (Å²) < 4.78 is 4.92. The maximum atomic E-state index is 12.3. The van der Waals surface area contributed by atoms with Gasteiger partial charge in [0.15, 0.2) is 0 Å². The van der Waals surface area contributed by atoms with Gasteiger partial charge in [-0.3, -0.25) is 9.59 Å². The number of esters is 1. The average Bonchev–Trinajstić information content (AvgIpc) is 2.43. The van der Waals surface area contributed by atoms with Crippen molar-refractivity contribution in [2.45, 2.75) is 46.6 Å². The van der Waals surface area contributed by atoms with Gasteiger partial charge in [0.1, 0.15) is 6.54 Å². The normalized spacial score (nSPS) is 10.5. The summed E-state index contributed by atoms with van der Waals surface area (Å²) in [5.41, 5.74) is 2.36. The molecule has 4 heteroatoms. The van der Waals surface area contributed by atoms with Gasteiger partial charge in [0.25, 0.3) is 0 Å². The van der Waals surface area contributed by atoms with Crippen LogP contribution in [0.15, 0.2) is 24.3 Å². The molecule has 0 atom stereocenters. The molecule has 1 rings (SSSR count). The Kier molecular flexibility index (Phi) is 6.92. The molecular weight excluding hydrogens is 266 g/mol. The minimum atomic E-state index is -0.351. The Balaban J connectivity index is 2.61. The van der Waals surface area contributed by atoms with E-state index >= 15 is 0 Å². The zero-order valence-corrected chi connectivity index (χ0v) is 13.4. The second-order valence-corrected chi connectivity index (χ2v) is 5.35. The van der Waals surface area contributed by atoms with Crippen molar-refractivity contribution in [1.82, 2.24) is 4.90 Å². The molecule has 0 N–H and O–H groups in total. The van der Waals surface area contributed by atoms with Crippen LogP contribution in [0.4, 0.5) is 0 Å². The number of ether oxygens (including phenoxy) is 1. The Hall–Kier alpha value is -1.84. The van der Waals surface area contributed by atoms with Crippen molar-refractivity contribution >= 4 is 11.9 Å². The third kappa shape index (κ3) is 5.58. The van der Waals surface area contributed by atoms with Crippen molar-refractivity contribution in [1.29, 1.82) is 0 Å². The number of rotatable bonds is 7. The summed E-state index contributed by atoms with van der Waals surface area (Å²) in [6.45, 7) is 7.98. The molecule has 0 aromatic heterocycles. The molecule has 0 saturated heterocycles. The number of nitrogens with zero attached hydrogens (tertiary/aromatic N) is 1. The van der Waals surface area contributed by atoms with Crippen LogP contribution in [0.3, 0.4) is 0 Å². The number of carbonyl (C=O) groups is 2. The van der Waals surface area contributed by atoms with Crippen molar-refractivity contribution in [2.75, 3.05) is 13.2 Å². The quantitative estimate of drug-likeness (QED) is 0.726. The highest BCUT2D eigenvalue weighted by atomic mass is 16.5. The molecule has 0 spiro atoms. The second-order valence-electron chi connectivity index (χ2n) is 5.35. The van der Waals surface area contributed by atoms with Crippen molar-refractivity contribution in [2.24, 2.45) is 0 Å². The minimum absolute atomic E-state index is 0.0127. The standard InChI is InChI=1S/C17H25NO3/c1-5-21-17(20)12-18(13(2)3)16(19)11-10-15-9-7-6-8-14(15)4/h6-9,13H,5,10-12H2,1-4H3. The van der Waals surface area contributed by atoms with Crippen LogP contribution in [0.1, 0.15) is 38.3 Å². The van der Waals surface area contributed by atoms with Crippen LogP contribution in [0.5, 0.6) is 0 Å². The fourth-order valence-electron chi connectivity index (χ4n) is 2.18. The van der Waals surface area contributed by atoms with E-state index < -0.39 is 0 Å². The second kappa shape index (κ2) is 8.45. The molecule has 0 aliphatic rings. The molecule has 0 heterocycles. The highest BCUT2D eigenvalue weighted by Gasteiger charge is 2.20. The van der Waals surface area contributed by atoms with Crippen LogP contribution in [0, 0.1) is 6.92 Å². The maximum absolute atomic E-state index is 12.3. The number of aryl methyl sites for hydroxylation is 2. The lowest BCUT2D eigenvalue weighted by molar-refractivity contribution is -0.150. The third-order valence-corrected chi connectivity index (χ3v) is 3.42. The Morgan fingerprint density at radius 2 is 1.90 bits per heavy atom. The lowest BCUT2D eigenvalue weighted by atomic mass is 10.0. The molecule has 0 bridgehead atoms. The third-order valence-electron chi connectivity index (χ3n) is 3.42. The molecule has 0 radical (unpaired) electrons. The smallest absolute Gasteiger partial charge is 0.325 e. The first-order chi connectivity index (χ1) is 9.95. The molecule has 1 aromatic rings. The van der Waals surface area contributed by atoms with E-state index in [2.05, 4.69) is 0 Å². The summed E-state index contributed by atoms with van der Waals surface area (Å²) in [6.07, 6.45) is 1.10. The highest BCUT2D eigenvalue weighted by molar-refractivity contribution is 5.82. The molecular formula is C17H25NO3. The summed E-state index contributed by atoms with van der Waals surface area (Å²) in [7, 11) is 0. The lowest BCUT2D eigenvalue weighted by Crippen LogP contribution is -2.41. The maximum Gasteiger partial charge on any atom is 0.325 e. The van der Waals surface area contributed by atoms with Gasteiger partial charge < -0.3 is 9.64 Å². The molecule has 0 fully saturated rings. The van der Waals surface area contributed by atoms with E-state index in [9.17, 15) is 9.59 Å². The Morgan fingerprint density at radius 1 is 1.24 bits per heavy atom. The van der Waals surface area contributed by atoms with Crippen molar-refractivity contribution in [3.05, 3.63) is 35.4 Å². The van der Waals surface area contributed by atoms with Crippen molar-refractivity contribution < 1.29 is 14.3 Å². The summed E-state index contributed by atoms with van der Waals surface area (Å²) in [4.78, 5) is 25.5. The lowest BCUT2D eigenvalue weighted by Gasteiger charge is -2.25. The molecule has 21 heavy (non-hydrogen) atoms. The predicted octanol–water partition coefficient (Wildman–Crippen LogP) is 2.73. The van der Waals surface area contributed by atoms with Gasteiger partial charge >= 0.3 is 5.97 Å². The first-order valence-electron chi connectivity index (χ1n) is 7.45. The van der Waals surface area contributed by atoms with Crippen molar-refractivity contribution in [3.63, 3.8) is 0 Å². The molecule has 0 unspecified atom stereocenters. The monoisotopic (exact) mass is 291 g/mol. The summed E-state index contributed by atoms with van der Waals surface area (Å²) in [5.74, 6) is -0.364. The van der Waals surface area contributed by atoms with Gasteiger partial charge in [-0.1, -0.05) is 24.3 Å². The van der Waals surface area contributed by atoms with E-state index in [1.54, 1.807) is 11.8 Å². The molecule has 0 aliphatic carbocycles. The van der Waals surface area contributed by atoms with Gasteiger partial charge in [-0.05, 0) is 45.2 Å². The number of hydrogen-bond donors (Lipinski definition) is 0. The number of carbonyl (C=O) groups excluding carboxylic acids is 2. The highest BCUT2D eigenvalue weighted by Crippen LogP contribution is 2.11. The van der Waals surface area contributed by atoms with Gasteiger partial charge in [0.05, 0.1) is 6.61 Å². The van der Waals surface area contributed by atoms with Crippen molar-refractivity contribution in [3.8, 4) is 0 Å². The molecule has 1 amide bonds. The Labute approximate surface area is 127 Å². The largest absolute Gasteiger partial charge is 0.465 e. The first kappa shape index (κ1) is 17.2. The van der Waals surface area contributed by atoms with E-state index in [1.165, 1.54) is 11.1 Å². The van der Waals surface area contributed by atoms with E-state index in [0.717, 1.165) is 0 Å². The summed E-state index contributed by atoms with van der Waals surface area (Å²) in [6, 6.07) is 8.03. The minimum Gasteiger partial charge on any atom is -0.465 e. The number of amides is 1. The zero-order valence-electron chi connectivity index (χ0n) is 13.4. The van der Waals surface area contributed by atoms with Crippen LogP contribution >= 0.6 is 0 Å². The summed E-state index contributed by atoms with van der Waals surface area (Å²) in [5, 5.41) is 0. The number of benzene rings is 1. The average molecular weight is 291 g/mol. The Morgan fingerprint density at radius 3 is 2.48 bits per heavy atom. The zero-order chi connectivity index (χ0) is 15.8. The van der Waals surface area contributed by atoms with E-state index in [-0.39, 0.29) is 24.5 Å². The van der Waals surface area contributed by atoms with Crippen LogP contribution in [-0.4, -0.2) is 36.0 Å². The van der Waals surface area contributed by atoms with Crippen LogP contribution in [0.2, 0.25) is 0 Å². The van der Waals surface area contributed by atoms with Crippen LogP contribution < -0.4 is 0 Å². The van der Waals surface area contributed by atoms with Gasteiger partial charge in [0.2, 0.25) is 5.91 Å². The number of hydrogen-bond acceptors (Lipinski definition) is 3. The molecule has 0 saturated carbocycles. The van der Waals surface area contributed by atoms with Crippen LogP contribution in [-0.2, 0) is 20.7 Å². The SMILES string of the molecule is CCOC(=O)CN(C(=O)CCc1ccccc1C)C(C)C. The molecule has 116 valence electrons. The van der Waals surface area contributed by atoms with Gasteiger partial charge in [-0.2, -0.15) is 0 Å². The Bertz CT molecular complexity index is 483.